The van der Waals surface area contributed by atoms with Gasteiger partial charge in [-0.2, -0.15) is 8.78 Å². The Morgan fingerprint density at radius 1 is 1.25 bits per heavy atom. The molecule has 0 amide bonds. The summed E-state index contributed by atoms with van der Waals surface area (Å²) >= 11 is 0. The predicted molar refractivity (Wildman–Crippen MR) is 29.9 cm³/mol. The van der Waals surface area contributed by atoms with Crippen molar-refractivity contribution in [1.29, 1.82) is 0 Å². The van der Waals surface area contributed by atoms with Crippen molar-refractivity contribution in [2.24, 2.45) is 0 Å². The van der Waals surface area contributed by atoms with Crippen LogP contribution >= 0.6 is 0 Å². The second kappa shape index (κ2) is 2.84. The van der Waals surface area contributed by atoms with Crippen LogP contribution in [0.25, 0.3) is 0 Å². The zero-order valence-electron chi connectivity index (χ0n) is 5.85. The topological polar surface area (TPSA) is 57.2 Å². The Bertz CT molecular complexity index is 252. The first-order valence-electron chi connectivity index (χ1n) is 2.67. The third kappa shape index (κ3) is 3.35. The van der Waals surface area contributed by atoms with Crippen molar-refractivity contribution >= 4 is 10.1 Å². The van der Waals surface area contributed by atoms with Crippen molar-refractivity contribution in [2.45, 2.75) is 24.5 Å². The molecule has 0 bridgehead atoms. The maximum Gasteiger partial charge on any atom is 0.340 e. The first-order valence-corrected chi connectivity index (χ1v) is 4.08. The molecule has 0 saturated heterocycles. The zero-order valence-corrected chi connectivity index (χ0v) is 6.67. The molecule has 0 heterocycles. The van der Waals surface area contributed by atoms with E-state index in [9.17, 15) is 30.5 Å². The van der Waals surface area contributed by atoms with Crippen molar-refractivity contribution in [2.75, 3.05) is 0 Å². The van der Waals surface area contributed by atoms with E-state index in [1.807, 2.05) is 0 Å². The lowest BCUT2D eigenvalue weighted by Crippen LogP contribution is -2.34. The van der Waals surface area contributed by atoms with E-state index in [4.69, 9.17) is 0 Å². The van der Waals surface area contributed by atoms with Gasteiger partial charge in [0.15, 0.2) is 10.1 Å². The van der Waals surface area contributed by atoms with Crippen LogP contribution in [0.3, 0.4) is 0 Å². The van der Waals surface area contributed by atoms with Crippen LogP contribution in [0, 0.1) is 0 Å². The maximum absolute atomic E-state index is 12.0. The molecule has 0 aromatic rings. The molecular formula is C4H5F4O3S-. The molecule has 74 valence electrons. The van der Waals surface area contributed by atoms with Crippen molar-refractivity contribution in [3.8, 4) is 0 Å². The van der Waals surface area contributed by atoms with Gasteiger partial charge in [0, 0.05) is 0 Å². The molecule has 3 nitrogen and oxygen atoms in total. The van der Waals surface area contributed by atoms with Crippen molar-refractivity contribution in [3.05, 3.63) is 0 Å². The van der Waals surface area contributed by atoms with Gasteiger partial charge in [0.2, 0.25) is 0 Å². The fourth-order valence-corrected chi connectivity index (χ4v) is 0.880. The summed E-state index contributed by atoms with van der Waals surface area (Å²) in [5.41, 5.74) is 0. The SMILES string of the molecule is CC(F)(F)CC(F)(F)S(=O)(=O)[O-]. The highest BCUT2D eigenvalue weighted by Gasteiger charge is 2.45. The molecule has 0 aliphatic rings. The van der Waals surface area contributed by atoms with Crippen molar-refractivity contribution in [1.82, 2.24) is 0 Å². The van der Waals surface area contributed by atoms with Crippen molar-refractivity contribution in [3.63, 3.8) is 0 Å². The first kappa shape index (κ1) is 11.6. The minimum Gasteiger partial charge on any atom is -0.743 e. The smallest absolute Gasteiger partial charge is 0.340 e. The quantitative estimate of drug-likeness (QED) is 0.517. The minimum absolute atomic E-state index is 0.103. The maximum atomic E-state index is 12.0. The fraction of sp³-hybridized carbons (Fsp3) is 1.00. The molecule has 0 N–H and O–H groups in total. The molecule has 0 fully saturated rings. The molecule has 0 atom stereocenters. The Balaban J connectivity index is 4.68. The van der Waals surface area contributed by atoms with Crippen LogP contribution in [0.1, 0.15) is 13.3 Å². The zero-order chi connectivity index (χ0) is 10.2. The van der Waals surface area contributed by atoms with E-state index >= 15 is 0 Å². The number of hydrogen-bond acceptors (Lipinski definition) is 3. The summed E-state index contributed by atoms with van der Waals surface area (Å²) in [6, 6.07) is 0. The fourth-order valence-electron chi connectivity index (χ4n) is 0.450. The molecular weight excluding hydrogens is 204 g/mol. The lowest BCUT2D eigenvalue weighted by molar-refractivity contribution is -0.0608. The first-order chi connectivity index (χ1) is 4.96. The van der Waals surface area contributed by atoms with Crippen LogP contribution in [-0.4, -0.2) is 24.1 Å². The Morgan fingerprint density at radius 3 is 1.67 bits per heavy atom. The average Bonchev–Trinajstić information content (AvgIpc) is 1.52. The van der Waals surface area contributed by atoms with Crippen LogP contribution in [0.4, 0.5) is 17.6 Å². The number of halogens is 4. The average molecular weight is 209 g/mol. The van der Waals surface area contributed by atoms with E-state index in [1.165, 1.54) is 0 Å². The van der Waals surface area contributed by atoms with Gasteiger partial charge in [0.05, 0.1) is 6.42 Å². The molecule has 0 aromatic heterocycles. The second-order valence-electron chi connectivity index (χ2n) is 2.34. The molecule has 0 unspecified atom stereocenters. The lowest BCUT2D eigenvalue weighted by Gasteiger charge is -2.22. The van der Waals surface area contributed by atoms with E-state index in [0.29, 0.717) is 0 Å². The van der Waals surface area contributed by atoms with Crippen molar-refractivity contribution < 1.29 is 30.5 Å². The number of rotatable bonds is 3. The summed E-state index contributed by atoms with van der Waals surface area (Å²) in [5.74, 6) is -3.89. The summed E-state index contributed by atoms with van der Waals surface area (Å²) in [6.07, 6.45) is -2.29. The highest BCUT2D eigenvalue weighted by atomic mass is 32.2. The number of alkyl halides is 4. The molecule has 8 heteroatoms. The predicted octanol–water partition coefficient (Wildman–Crippen LogP) is 1.17. The number of hydrogen-bond donors (Lipinski definition) is 0. The van der Waals surface area contributed by atoms with Crippen LogP contribution < -0.4 is 0 Å². The molecule has 12 heavy (non-hydrogen) atoms. The van der Waals surface area contributed by atoms with E-state index in [0.717, 1.165) is 0 Å². The minimum atomic E-state index is -6.00. The van der Waals surface area contributed by atoms with Gasteiger partial charge in [-0.05, 0) is 6.92 Å². The van der Waals surface area contributed by atoms with Gasteiger partial charge < -0.3 is 4.55 Å². The third-order valence-electron chi connectivity index (χ3n) is 0.882. The van der Waals surface area contributed by atoms with Crippen LogP contribution in [-0.2, 0) is 10.1 Å². The van der Waals surface area contributed by atoms with Gasteiger partial charge in [0.25, 0.3) is 5.92 Å². The summed E-state index contributed by atoms with van der Waals surface area (Å²) < 4.78 is 76.9. The normalized spacial score (nSPS) is 14.8. The van der Waals surface area contributed by atoms with Gasteiger partial charge in [-0.15, -0.1) is 0 Å². The summed E-state index contributed by atoms with van der Waals surface area (Å²) in [6.45, 7) is 0.103. The largest absolute Gasteiger partial charge is 0.743 e. The summed E-state index contributed by atoms with van der Waals surface area (Å²) in [4.78, 5) is 0. The molecule has 0 rings (SSSR count). The van der Waals surface area contributed by atoms with Gasteiger partial charge >= 0.3 is 5.25 Å². The molecule has 0 aromatic carbocycles. The monoisotopic (exact) mass is 209 g/mol. The Labute approximate surface area is 66.1 Å². The van der Waals surface area contributed by atoms with E-state index in [-0.39, 0.29) is 6.92 Å². The van der Waals surface area contributed by atoms with E-state index < -0.39 is 27.7 Å². The van der Waals surface area contributed by atoms with Crippen LogP contribution in [0.2, 0.25) is 0 Å². The molecule has 0 saturated carbocycles. The molecule has 0 radical (unpaired) electrons. The second-order valence-corrected chi connectivity index (χ2v) is 3.84. The van der Waals surface area contributed by atoms with E-state index in [2.05, 4.69) is 0 Å². The Kier molecular flexibility index (Phi) is 2.75. The molecule has 0 spiro atoms. The van der Waals surface area contributed by atoms with Gasteiger partial charge in [-0.25, -0.2) is 17.2 Å². The van der Waals surface area contributed by atoms with Crippen LogP contribution in [0.5, 0.6) is 0 Å². The summed E-state index contributed by atoms with van der Waals surface area (Å²) in [7, 11) is -6.00. The third-order valence-corrected chi connectivity index (χ3v) is 1.76. The van der Waals surface area contributed by atoms with Gasteiger partial charge in [-0.1, -0.05) is 0 Å². The lowest BCUT2D eigenvalue weighted by atomic mass is 10.3. The Hall–Kier alpha value is -0.370. The Morgan fingerprint density at radius 2 is 1.58 bits per heavy atom. The van der Waals surface area contributed by atoms with E-state index in [1.54, 1.807) is 0 Å². The summed E-state index contributed by atoms with van der Waals surface area (Å²) in [5, 5.41) is -4.91. The van der Waals surface area contributed by atoms with Gasteiger partial charge in [-0.3, -0.25) is 0 Å². The molecule has 0 aliphatic carbocycles. The van der Waals surface area contributed by atoms with Crippen LogP contribution in [0.15, 0.2) is 0 Å². The standard InChI is InChI=1S/C4H6F4O3S/c1-3(5,6)2-4(7,8)12(9,10)11/h2H2,1H3,(H,9,10,11)/p-1. The molecule has 0 aliphatic heterocycles. The highest BCUT2D eigenvalue weighted by molar-refractivity contribution is 7.86. The highest BCUT2D eigenvalue weighted by Crippen LogP contribution is 2.33. The van der Waals surface area contributed by atoms with Gasteiger partial charge in [0.1, 0.15) is 0 Å².